The number of para-hydroxylation sites is 1. The van der Waals surface area contributed by atoms with Crippen molar-refractivity contribution in [2.45, 2.75) is 11.9 Å². The van der Waals surface area contributed by atoms with Crippen molar-refractivity contribution in [1.29, 1.82) is 0 Å². The van der Waals surface area contributed by atoms with Crippen LogP contribution < -0.4 is 5.32 Å². The van der Waals surface area contributed by atoms with Crippen LogP contribution in [0.2, 0.25) is 0 Å². The fourth-order valence-electron chi connectivity index (χ4n) is 2.65. The highest BCUT2D eigenvalue weighted by Crippen LogP contribution is 2.32. The summed E-state index contributed by atoms with van der Waals surface area (Å²) in [6.07, 6.45) is 1.50. The first-order valence-electron chi connectivity index (χ1n) is 7.67. The molecule has 3 aromatic heterocycles. The normalized spacial score (nSPS) is 11.3. The summed E-state index contributed by atoms with van der Waals surface area (Å²) < 4.78 is 7.50. The van der Waals surface area contributed by atoms with Crippen LogP contribution in [0.5, 0.6) is 0 Å². The van der Waals surface area contributed by atoms with E-state index in [1.54, 1.807) is 11.7 Å². The lowest BCUT2D eigenvalue weighted by Crippen LogP contribution is -2.16. The van der Waals surface area contributed by atoms with Gasteiger partial charge in [-0.15, -0.1) is 0 Å². The third kappa shape index (κ3) is 2.96. The zero-order valence-corrected chi connectivity index (χ0v) is 14.5. The number of anilines is 1. The van der Waals surface area contributed by atoms with Crippen LogP contribution >= 0.6 is 11.8 Å². The lowest BCUT2D eigenvalue weighted by atomic mass is 10.2. The number of benzene rings is 1. The van der Waals surface area contributed by atoms with Gasteiger partial charge in [0.15, 0.2) is 5.58 Å². The molecule has 1 N–H and O–H groups in total. The van der Waals surface area contributed by atoms with Crippen molar-refractivity contribution in [1.82, 2.24) is 19.7 Å². The molecular formula is C17H15N5O2S. The number of aryl methyl sites for hydroxylation is 2. The van der Waals surface area contributed by atoms with Crippen molar-refractivity contribution in [2.75, 3.05) is 11.1 Å². The van der Waals surface area contributed by atoms with Crippen LogP contribution in [0.15, 0.2) is 46.1 Å². The average molecular weight is 353 g/mol. The van der Waals surface area contributed by atoms with E-state index in [1.807, 2.05) is 37.3 Å². The first-order chi connectivity index (χ1) is 12.1. The number of rotatable bonds is 4. The smallest absolute Gasteiger partial charge is 0.235 e. The number of nitrogens with zero attached hydrogens (tertiary/aromatic N) is 4. The van der Waals surface area contributed by atoms with Gasteiger partial charge in [-0.2, -0.15) is 5.10 Å². The lowest BCUT2D eigenvalue weighted by Gasteiger charge is -2.04. The Labute approximate surface area is 147 Å². The minimum atomic E-state index is -0.129. The highest BCUT2D eigenvalue weighted by atomic mass is 32.2. The molecule has 0 aliphatic carbocycles. The van der Waals surface area contributed by atoms with Crippen LogP contribution in [-0.2, 0) is 11.8 Å². The van der Waals surface area contributed by atoms with Crippen molar-refractivity contribution in [3.05, 3.63) is 42.4 Å². The van der Waals surface area contributed by atoms with Crippen molar-refractivity contribution in [3.8, 4) is 0 Å². The molecule has 0 fully saturated rings. The molecule has 0 saturated heterocycles. The predicted molar refractivity (Wildman–Crippen MR) is 96.6 cm³/mol. The maximum atomic E-state index is 12.2. The number of nitrogens with one attached hydrogen (secondary N) is 1. The molecular weight excluding hydrogens is 338 g/mol. The van der Waals surface area contributed by atoms with Gasteiger partial charge in [0.25, 0.3) is 0 Å². The summed E-state index contributed by atoms with van der Waals surface area (Å²) in [5.41, 5.74) is 2.98. The monoisotopic (exact) mass is 353 g/mol. The van der Waals surface area contributed by atoms with Gasteiger partial charge in [0, 0.05) is 18.5 Å². The fourth-order valence-corrected chi connectivity index (χ4v) is 3.38. The Hall–Kier alpha value is -2.87. The van der Waals surface area contributed by atoms with Crippen molar-refractivity contribution >= 4 is 45.6 Å². The second-order valence-electron chi connectivity index (χ2n) is 5.59. The molecule has 8 heteroatoms. The maximum Gasteiger partial charge on any atom is 0.235 e. The van der Waals surface area contributed by atoms with Gasteiger partial charge in [-0.25, -0.2) is 9.97 Å². The minimum absolute atomic E-state index is 0.129. The number of thioether (sulfide) groups is 1. The summed E-state index contributed by atoms with van der Waals surface area (Å²) in [6, 6.07) is 9.53. The number of carbonyl (C=O) groups excluding carboxylic acids is 1. The summed E-state index contributed by atoms with van der Waals surface area (Å²) in [4.78, 5) is 20.8. The van der Waals surface area contributed by atoms with Crippen LogP contribution in [0.1, 0.15) is 5.69 Å². The van der Waals surface area contributed by atoms with E-state index in [0.717, 1.165) is 22.2 Å². The number of hydrogen-bond acceptors (Lipinski definition) is 6. The average Bonchev–Trinajstić information content (AvgIpc) is 3.13. The Morgan fingerprint density at radius 2 is 2.16 bits per heavy atom. The molecule has 0 bridgehead atoms. The number of hydrogen-bond donors (Lipinski definition) is 1. The molecule has 4 rings (SSSR count). The second kappa shape index (κ2) is 6.21. The highest BCUT2D eigenvalue weighted by molar-refractivity contribution is 8.00. The van der Waals surface area contributed by atoms with Gasteiger partial charge in [0.05, 0.1) is 11.4 Å². The zero-order chi connectivity index (χ0) is 17.4. The molecule has 1 aromatic carbocycles. The number of amides is 1. The van der Waals surface area contributed by atoms with Gasteiger partial charge in [-0.1, -0.05) is 23.9 Å². The molecule has 4 aromatic rings. The van der Waals surface area contributed by atoms with Gasteiger partial charge in [-0.3, -0.25) is 9.48 Å². The van der Waals surface area contributed by atoms with Gasteiger partial charge in [0.1, 0.15) is 28.3 Å². The Morgan fingerprint density at radius 3 is 2.96 bits per heavy atom. The second-order valence-corrected chi connectivity index (χ2v) is 6.55. The minimum Gasteiger partial charge on any atom is -0.451 e. The molecule has 3 heterocycles. The zero-order valence-electron chi connectivity index (χ0n) is 13.7. The molecule has 0 atom stereocenters. The Kier molecular flexibility index (Phi) is 3.89. The van der Waals surface area contributed by atoms with E-state index in [2.05, 4.69) is 20.4 Å². The van der Waals surface area contributed by atoms with Gasteiger partial charge < -0.3 is 9.73 Å². The van der Waals surface area contributed by atoms with E-state index < -0.39 is 0 Å². The Balaban J connectivity index is 1.54. The SMILES string of the molecule is Cc1cc(NC(=O)CSc2ncnc3c2oc2ccccc23)n(C)n1. The quantitative estimate of drug-likeness (QED) is 0.448. The Morgan fingerprint density at radius 1 is 1.32 bits per heavy atom. The summed E-state index contributed by atoms with van der Waals surface area (Å²) in [6.45, 7) is 1.88. The third-order valence-corrected chi connectivity index (χ3v) is 4.71. The topological polar surface area (TPSA) is 85.8 Å². The van der Waals surface area contributed by atoms with E-state index in [1.165, 1.54) is 18.1 Å². The van der Waals surface area contributed by atoms with Gasteiger partial charge in [-0.05, 0) is 19.1 Å². The van der Waals surface area contributed by atoms with E-state index in [-0.39, 0.29) is 11.7 Å². The highest BCUT2D eigenvalue weighted by Gasteiger charge is 2.15. The molecule has 0 unspecified atom stereocenters. The summed E-state index contributed by atoms with van der Waals surface area (Å²) in [5, 5.41) is 8.64. The number of carbonyl (C=O) groups is 1. The molecule has 0 aliphatic heterocycles. The lowest BCUT2D eigenvalue weighted by molar-refractivity contribution is -0.113. The van der Waals surface area contributed by atoms with Crippen molar-refractivity contribution < 1.29 is 9.21 Å². The summed E-state index contributed by atoms with van der Waals surface area (Å²) in [5.74, 6) is 0.753. The first-order valence-corrected chi connectivity index (χ1v) is 8.66. The molecule has 0 spiro atoms. The van der Waals surface area contributed by atoms with Crippen LogP contribution in [0, 0.1) is 6.92 Å². The van der Waals surface area contributed by atoms with Crippen LogP contribution in [0.3, 0.4) is 0 Å². The van der Waals surface area contributed by atoms with Crippen molar-refractivity contribution in [2.24, 2.45) is 7.05 Å². The number of fused-ring (bicyclic) bond motifs is 3. The number of furan rings is 1. The van der Waals surface area contributed by atoms with Crippen molar-refractivity contribution in [3.63, 3.8) is 0 Å². The molecule has 0 radical (unpaired) electrons. The molecule has 126 valence electrons. The largest absolute Gasteiger partial charge is 0.451 e. The summed E-state index contributed by atoms with van der Waals surface area (Å²) >= 11 is 1.32. The summed E-state index contributed by atoms with van der Waals surface area (Å²) in [7, 11) is 1.79. The van der Waals surface area contributed by atoms with Crippen LogP contribution in [0.4, 0.5) is 5.82 Å². The fraction of sp³-hybridized carbons (Fsp3) is 0.176. The molecule has 0 aliphatic rings. The third-order valence-electron chi connectivity index (χ3n) is 3.73. The van der Waals surface area contributed by atoms with E-state index in [9.17, 15) is 4.79 Å². The standard InChI is InChI=1S/C17H15N5O2S/c1-10-7-13(22(2)21-10)20-14(23)8-25-17-16-15(18-9-19-17)11-5-3-4-6-12(11)24-16/h3-7,9H,8H2,1-2H3,(H,20,23). The molecule has 0 saturated carbocycles. The number of aromatic nitrogens is 4. The molecule has 1 amide bonds. The van der Waals surface area contributed by atoms with Crippen LogP contribution in [-0.4, -0.2) is 31.4 Å². The maximum absolute atomic E-state index is 12.2. The first kappa shape index (κ1) is 15.6. The molecule has 25 heavy (non-hydrogen) atoms. The van der Waals surface area contributed by atoms with Gasteiger partial charge >= 0.3 is 0 Å². The van der Waals surface area contributed by atoms with E-state index in [0.29, 0.717) is 16.4 Å². The predicted octanol–water partition coefficient (Wildman–Crippen LogP) is 3.15. The van der Waals surface area contributed by atoms with Crippen LogP contribution in [0.25, 0.3) is 22.1 Å². The Bertz CT molecular complexity index is 1090. The van der Waals surface area contributed by atoms with Gasteiger partial charge in [0.2, 0.25) is 5.91 Å². The molecule has 7 nitrogen and oxygen atoms in total. The van der Waals surface area contributed by atoms with E-state index in [4.69, 9.17) is 4.42 Å². The van der Waals surface area contributed by atoms with E-state index >= 15 is 0 Å².